The van der Waals surface area contributed by atoms with Gasteiger partial charge in [-0.3, -0.25) is 14.4 Å². The summed E-state index contributed by atoms with van der Waals surface area (Å²) in [5.41, 5.74) is -0.828. The lowest BCUT2D eigenvalue weighted by Gasteiger charge is -2.40. The topological polar surface area (TPSA) is 110 Å². The minimum absolute atomic E-state index is 0.0249. The Kier molecular flexibility index (Phi) is 5.75. The fraction of sp³-hybridized carbons (Fsp3) is 0.652. The Balaban J connectivity index is 1.82. The highest BCUT2D eigenvalue weighted by molar-refractivity contribution is 6.33. The van der Waals surface area contributed by atoms with Crippen LogP contribution >= 0.6 is 11.6 Å². The number of aromatic nitrogens is 4. The minimum atomic E-state index is -0.837. The van der Waals surface area contributed by atoms with E-state index in [1.165, 1.54) is 0 Å². The number of rotatable bonds is 2. The fourth-order valence-electron chi connectivity index (χ4n) is 4.60. The largest absolute Gasteiger partial charge is 0.351 e. The summed E-state index contributed by atoms with van der Waals surface area (Å²) in [5.74, 6) is -0.423. The van der Waals surface area contributed by atoms with Crippen LogP contribution in [0.3, 0.4) is 0 Å². The lowest BCUT2D eigenvalue weighted by molar-refractivity contribution is -0.135. The van der Waals surface area contributed by atoms with Crippen LogP contribution in [0.25, 0.3) is 11.2 Å². The van der Waals surface area contributed by atoms with Crippen molar-refractivity contribution < 1.29 is 14.4 Å². The molecule has 10 heteroatoms. The molecule has 3 heterocycles. The summed E-state index contributed by atoms with van der Waals surface area (Å²) in [6.45, 7) is 10.5. The van der Waals surface area contributed by atoms with Gasteiger partial charge in [0.2, 0.25) is 23.7 Å². The van der Waals surface area contributed by atoms with E-state index in [0.717, 1.165) is 24.2 Å². The standard InChI is InChI=1S/C23H31ClN6O3/c1-22(2,3)19(32)30(20(33)23(4,5)6)21-27-17(24)16-18(28-21)29(11-25-16)14-8-7-12-9-13(14)26-15(31)10-12/h11-14H,7-10H2,1-6H3,(H,26,31)/t12-,13-,14-/m1/s1. The van der Waals surface area contributed by atoms with Crippen molar-refractivity contribution in [2.75, 3.05) is 4.90 Å². The highest BCUT2D eigenvalue weighted by atomic mass is 35.5. The first-order chi connectivity index (χ1) is 15.3. The number of imide groups is 1. The van der Waals surface area contributed by atoms with Crippen molar-refractivity contribution >= 4 is 46.4 Å². The summed E-state index contributed by atoms with van der Waals surface area (Å²) in [7, 11) is 0. The summed E-state index contributed by atoms with van der Waals surface area (Å²) < 4.78 is 1.90. The molecule has 1 N–H and O–H groups in total. The number of nitrogens with zero attached hydrogens (tertiary/aromatic N) is 5. The van der Waals surface area contributed by atoms with Crippen molar-refractivity contribution in [2.45, 2.75) is 79.3 Å². The van der Waals surface area contributed by atoms with E-state index in [1.54, 1.807) is 47.9 Å². The molecular weight excluding hydrogens is 444 g/mol. The molecule has 1 aliphatic carbocycles. The number of nitrogens with one attached hydrogen (secondary N) is 1. The van der Waals surface area contributed by atoms with Gasteiger partial charge in [0.15, 0.2) is 10.8 Å². The molecule has 0 unspecified atom stereocenters. The molecule has 1 saturated carbocycles. The number of carbonyl (C=O) groups excluding carboxylic acids is 3. The number of piperidine rings is 1. The van der Waals surface area contributed by atoms with Crippen molar-refractivity contribution in [3.63, 3.8) is 0 Å². The third kappa shape index (κ3) is 4.35. The second-order valence-corrected chi connectivity index (χ2v) is 11.6. The zero-order valence-corrected chi connectivity index (χ0v) is 20.7. The second kappa shape index (κ2) is 8.04. The van der Waals surface area contributed by atoms with Gasteiger partial charge in [-0.2, -0.15) is 9.97 Å². The summed E-state index contributed by atoms with van der Waals surface area (Å²) in [5, 5.41) is 3.17. The summed E-state index contributed by atoms with van der Waals surface area (Å²) in [6.07, 6.45) is 4.94. The van der Waals surface area contributed by atoms with Crippen molar-refractivity contribution in [2.24, 2.45) is 16.7 Å². The summed E-state index contributed by atoms with van der Waals surface area (Å²) in [6, 6.07) is -0.0671. The third-order valence-electron chi connectivity index (χ3n) is 6.36. The van der Waals surface area contributed by atoms with E-state index in [4.69, 9.17) is 11.6 Å². The van der Waals surface area contributed by atoms with Crippen LogP contribution < -0.4 is 10.2 Å². The molecule has 2 aliphatic rings. The molecule has 9 nitrogen and oxygen atoms in total. The molecule has 178 valence electrons. The van der Waals surface area contributed by atoms with Gasteiger partial charge in [0.05, 0.1) is 12.4 Å². The SMILES string of the molecule is CC(C)(C)C(=O)N(C(=O)C(C)(C)C)c1nc(Cl)c2ncn([C@@H]3CC[C@H]4CC(=O)N[C@@H]3C4)c2n1. The number of anilines is 1. The predicted octanol–water partition coefficient (Wildman–Crippen LogP) is 3.66. The van der Waals surface area contributed by atoms with Crippen LogP contribution in [0.2, 0.25) is 5.15 Å². The van der Waals surface area contributed by atoms with Crippen molar-refractivity contribution in [1.82, 2.24) is 24.8 Å². The van der Waals surface area contributed by atoms with Gasteiger partial charge < -0.3 is 9.88 Å². The minimum Gasteiger partial charge on any atom is -0.351 e. The Labute approximate surface area is 198 Å². The number of carbonyl (C=O) groups is 3. The number of amides is 3. The normalized spacial score (nSPS) is 23.4. The van der Waals surface area contributed by atoms with Gasteiger partial charge in [-0.05, 0) is 25.2 Å². The molecule has 1 aliphatic heterocycles. The van der Waals surface area contributed by atoms with Gasteiger partial charge in [0, 0.05) is 23.3 Å². The monoisotopic (exact) mass is 474 g/mol. The van der Waals surface area contributed by atoms with E-state index in [-0.39, 0.29) is 29.1 Å². The fourth-order valence-corrected chi connectivity index (χ4v) is 4.81. The smallest absolute Gasteiger partial charge is 0.242 e. The van der Waals surface area contributed by atoms with Gasteiger partial charge >= 0.3 is 0 Å². The molecule has 2 fully saturated rings. The van der Waals surface area contributed by atoms with Crippen LogP contribution in [-0.4, -0.2) is 43.3 Å². The summed E-state index contributed by atoms with van der Waals surface area (Å²) in [4.78, 5) is 53.2. The van der Waals surface area contributed by atoms with E-state index in [2.05, 4.69) is 20.3 Å². The van der Waals surface area contributed by atoms with E-state index in [0.29, 0.717) is 23.5 Å². The van der Waals surface area contributed by atoms with Crippen LogP contribution in [0.15, 0.2) is 6.33 Å². The highest BCUT2D eigenvalue weighted by Crippen LogP contribution is 2.39. The maximum Gasteiger partial charge on any atom is 0.242 e. The van der Waals surface area contributed by atoms with Gasteiger partial charge in [0.1, 0.15) is 5.52 Å². The van der Waals surface area contributed by atoms with Gasteiger partial charge in [-0.25, -0.2) is 9.88 Å². The van der Waals surface area contributed by atoms with Gasteiger partial charge in [-0.15, -0.1) is 0 Å². The molecule has 0 aromatic carbocycles. The molecule has 4 rings (SSSR count). The first-order valence-corrected chi connectivity index (χ1v) is 11.7. The zero-order valence-electron chi connectivity index (χ0n) is 20.0. The maximum absolute atomic E-state index is 13.3. The Morgan fingerprint density at radius 2 is 1.73 bits per heavy atom. The van der Waals surface area contributed by atoms with Crippen LogP contribution in [0.4, 0.5) is 5.95 Å². The highest BCUT2D eigenvalue weighted by Gasteiger charge is 2.41. The van der Waals surface area contributed by atoms with Crippen LogP contribution in [0.1, 0.15) is 73.3 Å². The number of imidazole rings is 1. The van der Waals surface area contributed by atoms with Crippen molar-refractivity contribution in [3.05, 3.63) is 11.5 Å². The molecule has 2 aromatic rings. The van der Waals surface area contributed by atoms with Crippen LogP contribution in [-0.2, 0) is 14.4 Å². The number of fused-ring (bicyclic) bond motifs is 3. The predicted molar refractivity (Wildman–Crippen MR) is 125 cm³/mol. The van der Waals surface area contributed by atoms with E-state index in [1.807, 2.05) is 4.57 Å². The number of hydrogen-bond donors (Lipinski definition) is 1. The molecular formula is C23H31ClN6O3. The van der Waals surface area contributed by atoms with Gasteiger partial charge in [-0.1, -0.05) is 53.1 Å². The molecule has 0 radical (unpaired) electrons. The maximum atomic E-state index is 13.3. The molecule has 0 spiro atoms. The Bertz CT molecular complexity index is 1100. The molecule has 3 atom stereocenters. The lowest BCUT2D eigenvalue weighted by Crippen LogP contribution is -2.50. The first kappa shape index (κ1) is 23.6. The van der Waals surface area contributed by atoms with E-state index >= 15 is 0 Å². The first-order valence-electron chi connectivity index (χ1n) is 11.4. The van der Waals surface area contributed by atoms with Crippen LogP contribution in [0.5, 0.6) is 0 Å². The molecule has 2 aromatic heterocycles. The van der Waals surface area contributed by atoms with Crippen molar-refractivity contribution in [3.8, 4) is 0 Å². The number of hydrogen-bond acceptors (Lipinski definition) is 6. The quantitative estimate of drug-likeness (QED) is 0.665. The molecule has 2 bridgehead atoms. The van der Waals surface area contributed by atoms with E-state index in [9.17, 15) is 14.4 Å². The van der Waals surface area contributed by atoms with Crippen LogP contribution in [0, 0.1) is 16.7 Å². The van der Waals surface area contributed by atoms with Gasteiger partial charge in [0.25, 0.3) is 0 Å². The number of halogens is 1. The lowest BCUT2D eigenvalue weighted by atomic mass is 9.77. The second-order valence-electron chi connectivity index (χ2n) is 11.2. The molecule has 3 amide bonds. The van der Waals surface area contributed by atoms with E-state index < -0.39 is 22.6 Å². The Morgan fingerprint density at radius 1 is 1.09 bits per heavy atom. The Hall–Kier alpha value is -2.55. The van der Waals surface area contributed by atoms with Crippen molar-refractivity contribution in [1.29, 1.82) is 0 Å². The molecule has 33 heavy (non-hydrogen) atoms. The summed E-state index contributed by atoms with van der Waals surface area (Å²) >= 11 is 6.48. The molecule has 1 saturated heterocycles. The average molecular weight is 475 g/mol. The average Bonchev–Trinajstić information content (AvgIpc) is 3.11. The third-order valence-corrected chi connectivity index (χ3v) is 6.62. The zero-order chi connectivity index (χ0) is 24.3. The Morgan fingerprint density at radius 3 is 2.33 bits per heavy atom.